The van der Waals surface area contributed by atoms with E-state index in [-0.39, 0.29) is 29.7 Å². The molecule has 2 aromatic rings. The number of carbonyl (C=O) groups is 1. The highest BCUT2D eigenvalue weighted by Gasteiger charge is 2.42. The second-order valence-electron chi connectivity index (χ2n) is 7.32. The van der Waals surface area contributed by atoms with Gasteiger partial charge in [-0.2, -0.15) is 0 Å². The van der Waals surface area contributed by atoms with E-state index in [9.17, 15) is 4.79 Å². The Balaban J connectivity index is 2.03. The van der Waals surface area contributed by atoms with Gasteiger partial charge in [-0.3, -0.25) is 4.79 Å². The summed E-state index contributed by atoms with van der Waals surface area (Å²) in [6, 6.07) is 11.0. The molecule has 1 aliphatic heterocycles. The highest BCUT2D eigenvalue weighted by molar-refractivity contribution is 5.86. The minimum Gasteiger partial charge on any atom is -0.497 e. The largest absolute Gasteiger partial charge is 0.497 e. The van der Waals surface area contributed by atoms with Crippen LogP contribution in [0, 0.1) is 11.8 Å². The third kappa shape index (κ3) is 3.90. The summed E-state index contributed by atoms with van der Waals surface area (Å²) in [6.45, 7) is 3.92. The van der Waals surface area contributed by atoms with Gasteiger partial charge in [0.15, 0.2) is 0 Å². The fourth-order valence-electron chi connectivity index (χ4n) is 4.09. The molecule has 1 fully saturated rings. The molecule has 156 valence electrons. The zero-order valence-electron chi connectivity index (χ0n) is 17.8. The number of methoxy groups -OCH3 is 4. The molecule has 1 heterocycles. The maximum atomic E-state index is 13.2. The van der Waals surface area contributed by atoms with Gasteiger partial charge in [0.1, 0.15) is 28.8 Å². The van der Waals surface area contributed by atoms with Gasteiger partial charge in [-0.05, 0) is 12.1 Å². The summed E-state index contributed by atoms with van der Waals surface area (Å²) in [5, 5.41) is 3.68. The third-order valence-corrected chi connectivity index (χ3v) is 5.81. The Morgan fingerprint density at radius 1 is 0.690 bits per heavy atom. The lowest BCUT2D eigenvalue weighted by atomic mass is 9.76. The van der Waals surface area contributed by atoms with Gasteiger partial charge in [0.2, 0.25) is 0 Å². The van der Waals surface area contributed by atoms with E-state index < -0.39 is 0 Å². The topological polar surface area (TPSA) is 66.0 Å². The van der Waals surface area contributed by atoms with E-state index in [0.717, 1.165) is 11.1 Å². The number of rotatable bonds is 6. The summed E-state index contributed by atoms with van der Waals surface area (Å²) < 4.78 is 21.8. The molecule has 6 nitrogen and oxygen atoms in total. The van der Waals surface area contributed by atoms with Gasteiger partial charge in [0.25, 0.3) is 0 Å². The van der Waals surface area contributed by atoms with Crippen LogP contribution in [-0.4, -0.2) is 34.2 Å². The first-order chi connectivity index (χ1) is 13.9. The summed E-state index contributed by atoms with van der Waals surface area (Å²) in [7, 11) is 6.49. The van der Waals surface area contributed by atoms with Crippen molar-refractivity contribution in [2.75, 3.05) is 28.4 Å². The molecule has 0 unspecified atom stereocenters. The van der Waals surface area contributed by atoms with E-state index in [1.807, 2.05) is 50.2 Å². The van der Waals surface area contributed by atoms with E-state index in [1.54, 1.807) is 28.4 Å². The molecule has 0 aromatic heterocycles. The molecule has 29 heavy (non-hydrogen) atoms. The van der Waals surface area contributed by atoms with Crippen LogP contribution in [0.25, 0.3) is 0 Å². The maximum Gasteiger partial charge on any atom is 0.142 e. The van der Waals surface area contributed by atoms with Crippen LogP contribution in [0.5, 0.6) is 23.0 Å². The molecule has 1 aliphatic rings. The highest BCUT2D eigenvalue weighted by Crippen LogP contribution is 2.44. The number of ketones is 1. The molecule has 0 saturated carbocycles. The van der Waals surface area contributed by atoms with Gasteiger partial charge in [0, 0.05) is 47.2 Å². The van der Waals surface area contributed by atoms with Crippen molar-refractivity contribution >= 4 is 5.78 Å². The zero-order chi connectivity index (χ0) is 21.1. The molecule has 0 spiro atoms. The first-order valence-corrected chi connectivity index (χ1v) is 9.68. The number of Topliss-reactive ketones (excluding diaryl/α,β-unsaturated/α-hetero) is 1. The standard InChI is InChI=1S/C23H29NO5/c1-13-21(17-9-7-15(26-3)11-19(17)28-5)24-22(14(2)23(13)25)18-10-8-16(27-4)12-20(18)29-6/h7-14,21-22,24H,1-6H3/t13-,14-,21-,22-/m0/s1. The summed E-state index contributed by atoms with van der Waals surface area (Å²) in [6.07, 6.45) is 0. The van der Waals surface area contributed by atoms with Crippen LogP contribution in [0.15, 0.2) is 36.4 Å². The molecule has 0 amide bonds. The predicted molar refractivity (Wildman–Crippen MR) is 111 cm³/mol. The number of piperidine rings is 1. The lowest BCUT2D eigenvalue weighted by molar-refractivity contribution is -0.130. The van der Waals surface area contributed by atoms with Gasteiger partial charge >= 0.3 is 0 Å². The van der Waals surface area contributed by atoms with Crippen molar-refractivity contribution in [2.24, 2.45) is 11.8 Å². The lowest BCUT2D eigenvalue weighted by Crippen LogP contribution is -2.46. The minimum absolute atomic E-state index is 0.198. The van der Waals surface area contributed by atoms with E-state index in [1.165, 1.54) is 0 Å². The molecule has 0 radical (unpaired) electrons. The van der Waals surface area contributed by atoms with Gasteiger partial charge in [-0.25, -0.2) is 0 Å². The Labute approximate surface area is 172 Å². The average Bonchev–Trinajstić information content (AvgIpc) is 2.77. The van der Waals surface area contributed by atoms with Crippen LogP contribution < -0.4 is 24.3 Å². The van der Waals surface area contributed by atoms with Crippen molar-refractivity contribution < 1.29 is 23.7 Å². The molecule has 0 aliphatic carbocycles. The Bertz CT molecular complexity index is 812. The van der Waals surface area contributed by atoms with Crippen LogP contribution in [0.4, 0.5) is 0 Å². The van der Waals surface area contributed by atoms with E-state index in [4.69, 9.17) is 18.9 Å². The molecule has 4 atom stereocenters. The summed E-state index contributed by atoms with van der Waals surface area (Å²) >= 11 is 0. The van der Waals surface area contributed by atoms with E-state index in [0.29, 0.717) is 23.0 Å². The molecule has 2 aromatic carbocycles. The van der Waals surface area contributed by atoms with E-state index >= 15 is 0 Å². The fourth-order valence-corrected chi connectivity index (χ4v) is 4.09. The van der Waals surface area contributed by atoms with Gasteiger partial charge in [0.05, 0.1) is 28.4 Å². The average molecular weight is 399 g/mol. The SMILES string of the molecule is COc1ccc([C@H]2N[C@H](c3ccc(OC)cc3OC)[C@H](C)C(=O)[C@H]2C)c(OC)c1. The van der Waals surface area contributed by atoms with Crippen molar-refractivity contribution in [3.63, 3.8) is 0 Å². The first-order valence-electron chi connectivity index (χ1n) is 9.68. The minimum atomic E-state index is -0.201. The van der Waals surface area contributed by atoms with Gasteiger partial charge in [-0.15, -0.1) is 0 Å². The number of nitrogens with one attached hydrogen (secondary N) is 1. The molecule has 1 saturated heterocycles. The second-order valence-corrected chi connectivity index (χ2v) is 7.32. The first kappa shape index (κ1) is 21.0. The highest BCUT2D eigenvalue weighted by atomic mass is 16.5. The van der Waals surface area contributed by atoms with Crippen LogP contribution >= 0.6 is 0 Å². The van der Waals surface area contributed by atoms with Crippen molar-refractivity contribution in [1.29, 1.82) is 0 Å². The Kier molecular flexibility index (Phi) is 6.33. The van der Waals surface area contributed by atoms with Crippen molar-refractivity contribution in [3.05, 3.63) is 47.5 Å². The molecular weight excluding hydrogens is 370 g/mol. The fraction of sp³-hybridized carbons (Fsp3) is 0.435. The third-order valence-electron chi connectivity index (χ3n) is 5.81. The second kappa shape index (κ2) is 8.74. The van der Waals surface area contributed by atoms with Crippen molar-refractivity contribution in [3.8, 4) is 23.0 Å². The van der Waals surface area contributed by atoms with Crippen LogP contribution in [0.2, 0.25) is 0 Å². The Hall–Kier alpha value is -2.73. The smallest absolute Gasteiger partial charge is 0.142 e. The molecular formula is C23H29NO5. The maximum absolute atomic E-state index is 13.2. The summed E-state index contributed by atoms with van der Waals surface area (Å²) in [5.74, 6) is 2.60. The van der Waals surface area contributed by atoms with Gasteiger partial charge in [-0.1, -0.05) is 26.0 Å². The number of hydrogen-bond acceptors (Lipinski definition) is 6. The monoisotopic (exact) mass is 399 g/mol. The number of ether oxygens (including phenoxy) is 4. The lowest BCUT2D eigenvalue weighted by Gasteiger charge is -2.40. The predicted octanol–water partition coefficient (Wildman–Crippen LogP) is 3.95. The Morgan fingerprint density at radius 2 is 1.10 bits per heavy atom. The summed E-state index contributed by atoms with van der Waals surface area (Å²) in [5.41, 5.74) is 1.86. The molecule has 3 rings (SSSR count). The number of carbonyl (C=O) groups excluding carboxylic acids is 1. The van der Waals surface area contributed by atoms with Crippen LogP contribution in [-0.2, 0) is 4.79 Å². The molecule has 0 bridgehead atoms. The number of hydrogen-bond donors (Lipinski definition) is 1. The molecule has 1 N–H and O–H groups in total. The zero-order valence-corrected chi connectivity index (χ0v) is 17.8. The number of benzene rings is 2. The molecule has 6 heteroatoms. The van der Waals surface area contributed by atoms with Crippen LogP contribution in [0.3, 0.4) is 0 Å². The Morgan fingerprint density at radius 3 is 1.45 bits per heavy atom. The van der Waals surface area contributed by atoms with E-state index in [2.05, 4.69) is 5.32 Å². The summed E-state index contributed by atoms with van der Waals surface area (Å²) in [4.78, 5) is 13.2. The normalized spacial score (nSPS) is 24.1. The van der Waals surface area contributed by atoms with Crippen LogP contribution in [0.1, 0.15) is 37.1 Å². The van der Waals surface area contributed by atoms with Gasteiger partial charge < -0.3 is 24.3 Å². The quantitative estimate of drug-likeness (QED) is 0.794. The van der Waals surface area contributed by atoms with Crippen molar-refractivity contribution in [2.45, 2.75) is 25.9 Å². The van der Waals surface area contributed by atoms with Crippen molar-refractivity contribution in [1.82, 2.24) is 5.32 Å².